The number of ether oxygens (including phenoxy) is 1. The number of amides is 3. The Labute approximate surface area is 205 Å². The number of likely N-dealkylation sites (tertiary alicyclic amines) is 1. The van der Waals surface area contributed by atoms with Crippen LogP contribution in [0.25, 0.3) is 0 Å². The highest BCUT2D eigenvalue weighted by atomic mass is 32.1. The molecule has 2 aromatic carbocycles. The molecule has 35 heavy (non-hydrogen) atoms. The summed E-state index contributed by atoms with van der Waals surface area (Å²) in [5.74, 6) is -1.36. The molecule has 3 aromatic rings. The number of rotatable bonds is 6. The first-order valence-electron chi connectivity index (χ1n) is 11.2. The van der Waals surface area contributed by atoms with Crippen LogP contribution in [0.5, 0.6) is 0 Å². The number of hydrogen-bond acceptors (Lipinski definition) is 7. The molecule has 11 heteroatoms. The van der Waals surface area contributed by atoms with Crippen molar-refractivity contribution in [2.45, 2.75) is 25.7 Å². The standard InChI is InChI=1S/C24H24FN5O4S/c1-2-34-23(32)16-7-9-17(10-8-16)26-24(33)30-13-11-15(12-14-30)21-28-29-22(35-21)20(31)27-19-6-4-3-5-18(19)25/h3-10,15H,2,11-14H2,1H3,(H,26,33)(H,27,31). The van der Waals surface area contributed by atoms with Gasteiger partial charge in [0.05, 0.1) is 17.9 Å². The van der Waals surface area contributed by atoms with E-state index in [9.17, 15) is 18.8 Å². The Kier molecular flexibility index (Phi) is 7.66. The van der Waals surface area contributed by atoms with E-state index in [1.165, 1.54) is 23.5 Å². The van der Waals surface area contributed by atoms with E-state index in [0.29, 0.717) is 43.8 Å². The summed E-state index contributed by atoms with van der Waals surface area (Å²) in [7, 11) is 0. The van der Waals surface area contributed by atoms with Gasteiger partial charge in [-0.3, -0.25) is 4.79 Å². The molecule has 2 heterocycles. The van der Waals surface area contributed by atoms with Crippen molar-refractivity contribution in [1.82, 2.24) is 15.1 Å². The highest BCUT2D eigenvalue weighted by molar-refractivity contribution is 7.13. The van der Waals surface area contributed by atoms with Crippen LogP contribution in [-0.2, 0) is 4.74 Å². The van der Waals surface area contributed by atoms with Gasteiger partial charge in [-0.25, -0.2) is 14.0 Å². The maximum absolute atomic E-state index is 13.8. The molecule has 0 unspecified atom stereocenters. The Bertz CT molecular complexity index is 1210. The smallest absolute Gasteiger partial charge is 0.338 e. The van der Waals surface area contributed by atoms with Gasteiger partial charge in [0.25, 0.3) is 5.91 Å². The van der Waals surface area contributed by atoms with Gasteiger partial charge in [-0.1, -0.05) is 23.5 Å². The van der Waals surface area contributed by atoms with E-state index < -0.39 is 17.7 Å². The minimum atomic E-state index is -0.522. The topological polar surface area (TPSA) is 114 Å². The Balaban J connectivity index is 1.28. The van der Waals surface area contributed by atoms with Crippen molar-refractivity contribution in [2.24, 2.45) is 0 Å². The highest BCUT2D eigenvalue weighted by Crippen LogP contribution is 2.30. The maximum Gasteiger partial charge on any atom is 0.338 e. The number of nitrogens with zero attached hydrogens (tertiary/aromatic N) is 3. The van der Waals surface area contributed by atoms with E-state index in [0.717, 1.165) is 5.01 Å². The molecule has 1 saturated heterocycles. The number of nitrogens with one attached hydrogen (secondary N) is 2. The predicted molar refractivity (Wildman–Crippen MR) is 129 cm³/mol. The lowest BCUT2D eigenvalue weighted by molar-refractivity contribution is 0.0526. The molecule has 1 aliphatic heterocycles. The van der Waals surface area contributed by atoms with Crippen LogP contribution in [0.15, 0.2) is 48.5 Å². The average molecular weight is 498 g/mol. The van der Waals surface area contributed by atoms with E-state index in [1.54, 1.807) is 48.2 Å². The van der Waals surface area contributed by atoms with Gasteiger partial charge >= 0.3 is 12.0 Å². The van der Waals surface area contributed by atoms with Crippen molar-refractivity contribution in [3.05, 3.63) is 69.9 Å². The number of halogens is 1. The number of aromatic nitrogens is 2. The van der Waals surface area contributed by atoms with Gasteiger partial charge in [0.2, 0.25) is 5.01 Å². The zero-order valence-electron chi connectivity index (χ0n) is 19.0. The monoisotopic (exact) mass is 497 g/mol. The number of hydrogen-bond donors (Lipinski definition) is 2. The minimum absolute atomic E-state index is 0.0791. The van der Waals surface area contributed by atoms with Crippen molar-refractivity contribution in [3.8, 4) is 0 Å². The second-order valence-electron chi connectivity index (χ2n) is 7.87. The van der Waals surface area contributed by atoms with E-state index in [4.69, 9.17) is 4.74 Å². The fraction of sp³-hybridized carbons (Fsp3) is 0.292. The molecule has 182 valence electrons. The number of benzene rings is 2. The molecule has 1 fully saturated rings. The second kappa shape index (κ2) is 11.0. The van der Waals surface area contributed by atoms with Gasteiger partial charge in [0.1, 0.15) is 10.8 Å². The normalized spacial score (nSPS) is 13.8. The lowest BCUT2D eigenvalue weighted by Crippen LogP contribution is -2.40. The van der Waals surface area contributed by atoms with Crippen LogP contribution in [0.2, 0.25) is 0 Å². The Hall–Kier alpha value is -3.86. The van der Waals surface area contributed by atoms with Gasteiger partial charge in [0.15, 0.2) is 0 Å². The molecule has 3 amide bonds. The SMILES string of the molecule is CCOC(=O)c1ccc(NC(=O)N2CCC(c3nnc(C(=O)Nc4ccccc4F)s3)CC2)cc1. The number of carbonyl (C=O) groups is 3. The molecule has 0 aliphatic carbocycles. The number of para-hydroxylation sites is 1. The summed E-state index contributed by atoms with van der Waals surface area (Å²) in [6.07, 6.45) is 1.36. The van der Waals surface area contributed by atoms with Crippen LogP contribution < -0.4 is 10.6 Å². The molecule has 0 bridgehead atoms. The van der Waals surface area contributed by atoms with Crippen LogP contribution in [-0.4, -0.2) is 52.7 Å². The molecule has 2 N–H and O–H groups in total. The first-order chi connectivity index (χ1) is 16.9. The third-order valence-electron chi connectivity index (χ3n) is 5.54. The Morgan fingerprint density at radius 2 is 1.77 bits per heavy atom. The van der Waals surface area contributed by atoms with E-state index in [-0.39, 0.29) is 22.6 Å². The summed E-state index contributed by atoms with van der Waals surface area (Å²) in [5, 5.41) is 14.4. The molecule has 4 rings (SSSR count). The second-order valence-corrected chi connectivity index (χ2v) is 8.88. The van der Waals surface area contributed by atoms with Crippen molar-refractivity contribution in [2.75, 3.05) is 30.3 Å². The lowest BCUT2D eigenvalue weighted by atomic mass is 9.98. The quantitative estimate of drug-likeness (QED) is 0.484. The number of esters is 1. The minimum Gasteiger partial charge on any atom is -0.462 e. The van der Waals surface area contributed by atoms with Gasteiger partial charge < -0.3 is 20.3 Å². The van der Waals surface area contributed by atoms with Gasteiger partial charge in [0, 0.05) is 24.7 Å². The molecule has 0 spiro atoms. The van der Waals surface area contributed by atoms with Crippen LogP contribution in [0.4, 0.5) is 20.6 Å². The fourth-order valence-corrected chi connectivity index (χ4v) is 4.57. The zero-order valence-corrected chi connectivity index (χ0v) is 19.8. The van der Waals surface area contributed by atoms with E-state index in [2.05, 4.69) is 20.8 Å². The molecule has 1 aromatic heterocycles. The van der Waals surface area contributed by atoms with Crippen LogP contribution in [0, 0.1) is 5.82 Å². The molecular formula is C24H24FN5O4S. The molecular weight excluding hydrogens is 473 g/mol. The summed E-state index contributed by atoms with van der Waals surface area (Å²) in [6.45, 7) is 3.08. The van der Waals surface area contributed by atoms with Gasteiger partial charge in [-0.15, -0.1) is 10.2 Å². The van der Waals surface area contributed by atoms with Crippen molar-refractivity contribution in [1.29, 1.82) is 0 Å². The molecule has 9 nitrogen and oxygen atoms in total. The van der Waals surface area contributed by atoms with Gasteiger partial charge in [-0.2, -0.15) is 0 Å². The number of carbonyl (C=O) groups excluding carboxylic acids is 3. The summed E-state index contributed by atoms with van der Waals surface area (Å²) in [6, 6.07) is 12.2. The van der Waals surface area contributed by atoms with Crippen molar-refractivity contribution in [3.63, 3.8) is 0 Å². The Morgan fingerprint density at radius 3 is 2.46 bits per heavy atom. The van der Waals surface area contributed by atoms with E-state index >= 15 is 0 Å². The highest BCUT2D eigenvalue weighted by Gasteiger charge is 2.27. The molecule has 0 atom stereocenters. The average Bonchev–Trinajstić information content (AvgIpc) is 3.37. The number of anilines is 2. The molecule has 1 aliphatic rings. The van der Waals surface area contributed by atoms with Gasteiger partial charge in [-0.05, 0) is 56.2 Å². The fourth-order valence-electron chi connectivity index (χ4n) is 3.67. The largest absolute Gasteiger partial charge is 0.462 e. The van der Waals surface area contributed by atoms with E-state index in [1.807, 2.05) is 0 Å². The van der Waals surface area contributed by atoms with Crippen LogP contribution in [0.3, 0.4) is 0 Å². The van der Waals surface area contributed by atoms with Crippen LogP contribution in [0.1, 0.15) is 50.9 Å². The summed E-state index contributed by atoms with van der Waals surface area (Å²) in [4.78, 5) is 38.5. The molecule has 0 radical (unpaired) electrons. The summed E-state index contributed by atoms with van der Waals surface area (Å²) in [5.41, 5.74) is 1.09. The number of piperidine rings is 1. The first-order valence-corrected chi connectivity index (χ1v) is 12.0. The summed E-state index contributed by atoms with van der Waals surface area (Å²) >= 11 is 1.18. The maximum atomic E-state index is 13.8. The summed E-state index contributed by atoms with van der Waals surface area (Å²) < 4.78 is 18.7. The number of urea groups is 1. The zero-order chi connectivity index (χ0) is 24.8. The van der Waals surface area contributed by atoms with Crippen LogP contribution >= 0.6 is 11.3 Å². The first kappa shape index (κ1) is 24.3. The third kappa shape index (κ3) is 5.99. The third-order valence-corrected chi connectivity index (χ3v) is 6.62. The van der Waals surface area contributed by atoms with Crippen molar-refractivity contribution >= 4 is 40.6 Å². The lowest BCUT2D eigenvalue weighted by Gasteiger charge is -2.31. The molecule has 0 saturated carbocycles. The Morgan fingerprint density at radius 1 is 1.06 bits per heavy atom. The predicted octanol–water partition coefficient (Wildman–Crippen LogP) is 4.52. The van der Waals surface area contributed by atoms with Crippen molar-refractivity contribution < 1.29 is 23.5 Å².